The van der Waals surface area contributed by atoms with Gasteiger partial charge < -0.3 is 10.4 Å². The monoisotopic (exact) mass is 331 g/mol. The molecule has 0 saturated carbocycles. The van der Waals surface area contributed by atoms with E-state index in [9.17, 15) is 14.3 Å². The van der Waals surface area contributed by atoms with E-state index in [1.165, 1.54) is 28.2 Å². The molecule has 7 heteroatoms. The third-order valence-corrected chi connectivity index (χ3v) is 4.00. The summed E-state index contributed by atoms with van der Waals surface area (Å²) in [6.07, 6.45) is 0.877. The first kappa shape index (κ1) is 15.4. The molecule has 0 aliphatic rings. The second kappa shape index (κ2) is 6.72. The molecule has 0 saturated heterocycles. The zero-order valence-corrected chi connectivity index (χ0v) is 12.8. The average molecular weight is 331 g/mol. The lowest BCUT2D eigenvalue weighted by atomic mass is 10.2. The van der Waals surface area contributed by atoms with Crippen molar-refractivity contribution >= 4 is 17.2 Å². The number of aromatic nitrogens is 2. The number of nitrogens with zero attached hydrogens (tertiary/aromatic N) is 2. The minimum Gasteiger partial charge on any atom is -0.387 e. The molecule has 0 aliphatic heterocycles. The highest BCUT2D eigenvalue weighted by atomic mass is 32.1. The minimum absolute atomic E-state index is 0.110. The second-order valence-corrected chi connectivity index (χ2v) is 5.68. The van der Waals surface area contributed by atoms with E-state index >= 15 is 0 Å². The van der Waals surface area contributed by atoms with Crippen LogP contribution in [0.15, 0.2) is 53.4 Å². The molecule has 3 rings (SSSR count). The fourth-order valence-corrected chi connectivity index (χ4v) is 2.75. The Balaban J connectivity index is 1.63. The number of amides is 1. The number of hydrogen-bond acceptors (Lipinski definition) is 4. The van der Waals surface area contributed by atoms with Crippen molar-refractivity contribution in [1.29, 1.82) is 0 Å². The van der Waals surface area contributed by atoms with Crippen LogP contribution >= 0.6 is 11.3 Å². The van der Waals surface area contributed by atoms with Crippen molar-refractivity contribution in [2.24, 2.45) is 0 Å². The summed E-state index contributed by atoms with van der Waals surface area (Å²) >= 11 is 1.49. The molecule has 0 spiro atoms. The number of benzene rings is 1. The van der Waals surface area contributed by atoms with Gasteiger partial charge in [-0.2, -0.15) is 16.4 Å². The van der Waals surface area contributed by atoms with E-state index in [2.05, 4.69) is 10.4 Å². The molecule has 23 heavy (non-hydrogen) atoms. The molecule has 3 aromatic rings. The van der Waals surface area contributed by atoms with Crippen molar-refractivity contribution in [1.82, 2.24) is 15.1 Å². The van der Waals surface area contributed by atoms with Crippen molar-refractivity contribution in [3.05, 3.63) is 70.4 Å². The number of halogens is 1. The lowest BCUT2D eigenvalue weighted by Crippen LogP contribution is -2.28. The van der Waals surface area contributed by atoms with Gasteiger partial charge in [0.1, 0.15) is 5.82 Å². The highest BCUT2D eigenvalue weighted by molar-refractivity contribution is 7.07. The summed E-state index contributed by atoms with van der Waals surface area (Å²) in [4.78, 5) is 12.1. The number of aliphatic hydroxyl groups is 1. The molecule has 0 fully saturated rings. The molecule has 0 radical (unpaired) electrons. The van der Waals surface area contributed by atoms with Crippen LogP contribution in [0.1, 0.15) is 22.2 Å². The number of nitrogens with one attached hydrogen (secondary N) is 1. The Morgan fingerprint density at radius 1 is 1.30 bits per heavy atom. The average Bonchev–Trinajstić information content (AvgIpc) is 3.24. The van der Waals surface area contributed by atoms with Crippen LogP contribution in [0.5, 0.6) is 0 Å². The number of thiophene rings is 1. The van der Waals surface area contributed by atoms with Gasteiger partial charge in [0.05, 0.1) is 11.8 Å². The van der Waals surface area contributed by atoms with Crippen molar-refractivity contribution in [2.45, 2.75) is 6.10 Å². The van der Waals surface area contributed by atoms with Crippen LogP contribution in [0.25, 0.3) is 5.69 Å². The summed E-state index contributed by atoms with van der Waals surface area (Å²) < 4.78 is 14.4. The minimum atomic E-state index is -0.746. The fraction of sp³-hybridized carbons (Fsp3) is 0.125. The molecule has 1 aromatic carbocycles. The van der Waals surface area contributed by atoms with Crippen molar-refractivity contribution < 1.29 is 14.3 Å². The zero-order chi connectivity index (χ0) is 16.2. The van der Waals surface area contributed by atoms with E-state index in [0.29, 0.717) is 5.69 Å². The predicted octanol–water partition coefficient (Wildman–Crippen LogP) is 2.54. The van der Waals surface area contributed by atoms with Gasteiger partial charge in [-0.1, -0.05) is 0 Å². The lowest BCUT2D eigenvalue weighted by Gasteiger charge is -2.09. The molecule has 0 aliphatic carbocycles. The Morgan fingerprint density at radius 2 is 2.09 bits per heavy atom. The SMILES string of the molecule is O=C(NCC(O)c1ccsc1)c1ccn(-c2ccc(F)cc2)n1. The number of carbonyl (C=O) groups is 1. The predicted molar refractivity (Wildman–Crippen MR) is 85.1 cm³/mol. The zero-order valence-electron chi connectivity index (χ0n) is 12.0. The molecule has 1 unspecified atom stereocenters. The van der Waals surface area contributed by atoms with Gasteiger partial charge in [-0.15, -0.1) is 0 Å². The topological polar surface area (TPSA) is 67.2 Å². The van der Waals surface area contributed by atoms with Gasteiger partial charge in [0.25, 0.3) is 5.91 Å². The van der Waals surface area contributed by atoms with Crippen molar-refractivity contribution in [2.75, 3.05) is 6.54 Å². The summed E-state index contributed by atoms with van der Waals surface area (Å²) in [7, 11) is 0. The maximum Gasteiger partial charge on any atom is 0.271 e. The van der Waals surface area contributed by atoms with Gasteiger partial charge in [0, 0.05) is 12.7 Å². The van der Waals surface area contributed by atoms with Crippen LogP contribution in [-0.2, 0) is 0 Å². The molecule has 5 nitrogen and oxygen atoms in total. The summed E-state index contributed by atoms with van der Waals surface area (Å²) in [5.74, 6) is -0.707. The molecule has 2 N–H and O–H groups in total. The molecule has 1 atom stereocenters. The maximum absolute atomic E-state index is 12.9. The summed E-state index contributed by atoms with van der Waals surface area (Å²) in [5, 5.41) is 20.4. The van der Waals surface area contributed by atoms with Gasteiger partial charge in [0.15, 0.2) is 5.69 Å². The third-order valence-electron chi connectivity index (χ3n) is 3.30. The van der Waals surface area contributed by atoms with Crippen molar-refractivity contribution in [3.63, 3.8) is 0 Å². The third kappa shape index (κ3) is 3.64. The smallest absolute Gasteiger partial charge is 0.271 e. The molecule has 1 amide bonds. The van der Waals surface area contributed by atoms with Gasteiger partial charge in [-0.05, 0) is 52.7 Å². The standard InChI is InChI=1S/C16H14FN3O2S/c17-12-1-3-13(4-2-12)20-7-5-14(19-20)16(22)18-9-15(21)11-6-8-23-10-11/h1-8,10,15,21H,9H2,(H,18,22). The van der Waals surface area contributed by atoms with E-state index in [1.807, 2.05) is 16.8 Å². The Kier molecular flexibility index (Phi) is 4.50. The van der Waals surface area contributed by atoms with E-state index in [1.54, 1.807) is 24.4 Å². The van der Waals surface area contributed by atoms with Crippen LogP contribution in [0.4, 0.5) is 4.39 Å². The van der Waals surface area contributed by atoms with E-state index in [0.717, 1.165) is 5.56 Å². The normalized spacial score (nSPS) is 12.1. The Labute approximate surface area is 136 Å². The number of hydrogen-bond donors (Lipinski definition) is 2. The molecule has 2 aromatic heterocycles. The van der Waals surface area contributed by atoms with E-state index < -0.39 is 6.10 Å². The number of carbonyl (C=O) groups excluding carboxylic acids is 1. The number of aliphatic hydroxyl groups excluding tert-OH is 1. The van der Waals surface area contributed by atoms with Gasteiger partial charge in [-0.3, -0.25) is 4.79 Å². The summed E-state index contributed by atoms with van der Waals surface area (Å²) in [6.45, 7) is 0.110. The van der Waals surface area contributed by atoms with Gasteiger partial charge in [0.2, 0.25) is 0 Å². The molecular weight excluding hydrogens is 317 g/mol. The molecular formula is C16H14FN3O2S. The second-order valence-electron chi connectivity index (χ2n) is 4.90. The van der Waals surface area contributed by atoms with E-state index in [4.69, 9.17) is 0 Å². The first-order chi connectivity index (χ1) is 11.1. The first-order valence-corrected chi connectivity index (χ1v) is 7.88. The maximum atomic E-state index is 12.9. The summed E-state index contributed by atoms with van der Waals surface area (Å²) in [6, 6.07) is 9.18. The van der Waals surface area contributed by atoms with Crippen LogP contribution in [-0.4, -0.2) is 27.3 Å². The summed E-state index contributed by atoms with van der Waals surface area (Å²) in [5.41, 5.74) is 1.66. The lowest BCUT2D eigenvalue weighted by molar-refractivity contribution is 0.0911. The Bertz CT molecular complexity index is 784. The molecule has 118 valence electrons. The quantitative estimate of drug-likeness (QED) is 0.755. The van der Waals surface area contributed by atoms with Gasteiger partial charge >= 0.3 is 0 Å². The van der Waals surface area contributed by atoms with Crippen LogP contribution in [0, 0.1) is 5.82 Å². The Hall–Kier alpha value is -2.51. The van der Waals surface area contributed by atoms with Crippen LogP contribution in [0.2, 0.25) is 0 Å². The van der Waals surface area contributed by atoms with Crippen LogP contribution < -0.4 is 5.32 Å². The highest BCUT2D eigenvalue weighted by Crippen LogP contribution is 2.15. The van der Waals surface area contributed by atoms with Crippen LogP contribution in [0.3, 0.4) is 0 Å². The molecule has 2 heterocycles. The highest BCUT2D eigenvalue weighted by Gasteiger charge is 2.13. The molecule has 0 bridgehead atoms. The first-order valence-electron chi connectivity index (χ1n) is 6.93. The largest absolute Gasteiger partial charge is 0.387 e. The van der Waals surface area contributed by atoms with E-state index in [-0.39, 0.29) is 24.0 Å². The Morgan fingerprint density at radius 3 is 2.78 bits per heavy atom. The fourth-order valence-electron chi connectivity index (χ4n) is 2.05. The van der Waals surface area contributed by atoms with Crippen molar-refractivity contribution in [3.8, 4) is 5.69 Å². The van der Waals surface area contributed by atoms with Gasteiger partial charge in [-0.25, -0.2) is 9.07 Å². The number of rotatable bonds is 5.